The van der Waals surface area contributed by atoms with Crippen LogP contribution in [0.2, 0.25) is 10.2 Å². The van der Waals surface area contributed by atoms with Gasteiger partial charge in [0.2, 0.25) is 0 Å². The van der Waals surface area contributed by atoms with Crippen molar-refractivity contribution in [2.75, 3.05) is 0 Å². The van der Waals surface area contributed by atoms with Gasteiger partial charge < -0.3 is 9.47 Å². The van der Waals surface area contributed by atoms with Crippen LogP contribution in [0.4, 0.5) is 0 Å². The van der Waals surface area contributed by atoms with Gasteiger partial charge in [-0.2, -0.15) is 4.98 Å². The van der Waals surface area contributed by atoms with E-state index in [0.29, 0.717) is 28.2 Å². The maximum absolute atomic E-state index is 5.82. The Kier molecular flexibility index (Phi) is 2.02. The van der Waals surface area contributed by atoms with Crippen molar-refractivity contribution in [2.45, 2.75) is 0 Å². The van der Waals surface area contributed by atoms with E-state index in [0.717, 1.165) is 0 Å². The molecular formula is C9H3Cl2NO2S. The number of ether oxygens (including phenoxy) is 2. The van der Waals surface area contributed by atoms with E-state index < -0.39 is 0 Å². The second kappa shape index (κ2) is 3.27. The molecule has 0 N–H and O–H groups in total. The highest BCUT2D eigenvalue weighted by atomic mass is 35.5. The van der Waals surface area contributed by atoms with Gasteiger partial charge >= 0.3 is 0 Å². The van der Waals surface area contributed by atoms with Crippen LogP contribution in [0.3, 0.4) is 0 Å². The molecule has 0 aromatic carbocycles. The average molecular weight is 260 g/mol. The molecule has 2 aromatic heterocycles. The standard InChI is InChI=1S/C9H3Cl2NO2S/c10-4-1-5-9(12-8(4)11)14-7-3-15-2-6(7)13-5/h1-3H. The van der Waals surface area contributed by atoms with Gasteiger partial charge in [-0.25, -0.2) is 0 Å². The minimum Gasteiger partial charge on any atom is -0.447 e. The Balaban J connectivity index is 2.13. The van der Waals surface area contributed by atoms with E-state index in [4.69, 9.17) is 32.7 Å². The van der Waals surface area contributed by atoms with Gasteiger partial charge in [0, 0.05) is 16.8 Å². The third-order valence-corrected chi connectivity index (χ3v) is 3.26. The van der Waals surface area contributed by atoms with E-state index in [2.05, 4.69) is 4.98 Å². The van der Waals surface area contributed by atoms with E-state index in [1.165, 1.54) is 11.3 Å². The quantitative estimate of drug-likeness (QED) is 0.563. The zero-order valence-electron chi connectivity index (χ0n) is 7.16. The molecule has 1 aliphatic heterocycles. The summed E-state index contributed by atoms with van der Waals surface area (Å²) in [6.45, 7) is 0. The third-order valence-electron chi connectivity index (χ3n) is 1.88. The van der Waals surface area contributed by atoms with Crippen molar-refractivity contribution in [3.05, 3.63) is 27.0 Å². The van der Waals surface area contributed by atoms with Gasteiger partial charge in [-0.05, 0) is 0 Å². The van der Waals surface area contributed by atoms with Crippen LogP contribution in [-0.4, -0.2) is 4.98 Å². The summed E-state index contributed by atoms with van der Waals surface area (Å²) in [5.41, 5.74) is 0. The van der Waals surface area contributed by atoms with Crippen LogP contribution in [0.1, 0.15) is 0 Å². The highest BCUT2D eigenvalue weighted by Crippen LogP contribution is 2.47. The minimum atomic E-state index is 0.206. The Morgan fingerprint density at radius 1 is 1.07 bits per heavy atom. The second-order valence-corrected chi connectivity index (χ2v) is 4.38. The Morgan fingerprint density at radius 2 is 1.80 bits per heavy atom. The maximum atomic E-state index is 5.82. The van der Waals surface area contributed by atoms with Gasteiger partial charge in [0.15, 0.2) is 22.4 Å². The van der Waals surface area contributed by atoms with Gasteiger partial charge in [0.25, 0.3) is 5.88 Å². The predicted molar refractivity (Wildman–Crippen MR) is 58.7 cm³/mol. The van der Waals surface area contributed by atoms with Crippen molar-refractivity contribution in [2.24, 2.45) is 0 Å². The molecule has 6 heteroatoms. The molecule has 3 rings (SSSR count). The molecule has 0 fully saturated rings. The van der Waals surface area contributed by atoms with Crippen molar-refractivity contribution in [3.63, 3.8) is 0 Å². The van der Waals surface area contributed by atoms with E-state index in [1.54, 1.807) is 6.07 Å². The number of nitrogens with zero attached hydrogens (tertiary/aromatic N) is 1. The minimum absolute atomic E-state index is 0.206. The Bertz CT molecular complexity index is 495. The molecule has 1 aliphatic rings. The molecule has 3 nitrogen and oxygen atoms in total. The molecular weight excluding hydrogens is 257 g/mol. The molecule has 0 saturated carbocycles. The lowest BCUT2D eigenvalue weighted by Gasteiger charge is -2.16. The smallest absolute Gasteiger partial charge is 0.264 e. The topological polar surface area (TPSA) is 31.4 Å². The molecule has 0 saturated heterocycles. The van der Waals surface area contributed by atoms with Crippen LogP contribution in [-0.2, 0) is 0 Å². The number of pyridine rings is 1. The lowest BCUT2D eigenvalue weighted by atomic mass is 10.4. The van der Waals surface area contributed by atoms with Gasteiger partial charge in [-0.1, -0.05) is 23.2 Å². The first kappa shape index (κ1) is 9.27. The Morgan fingerprint density at radius 3 is 2.60 bits per heavy atom. The molecule has 15 heavy (non-hydrogen) atoms. The lowest BCUT2D eigenvalue weighted by molar-refractivity contribution is 0.351. The van der Waals surface area contributed by atoms with Crippen molar-refractivity contribution in [1.82, 2.24) is 4.98 Å². The molecule has 0 aliphatic carbocycles. The number of hydrogen-bond acceptors (Lipinski definition) is 4. The first-order chi connectivity index (χ1) is 7.24. The Hall–Kier alpha value is -0.970. The fraction of sp³-hybridized carbons (Fsp3) is 0. The molecule has 2 aromatic rings. The molecule has 0 spiro atoms. The molecule has 0 radical (unpaired) electrons. The van der Waals surface area contributed by atoms with Crippen LogP contribution in [0, 0.1) is 0 Å². The van der Waals surface area contributed by atoms with Gasteiger partial charge in [0.05, 0.1) is 5.02 Å². The van der Waals surface area contributed by atoms with Gasteiger partial charge in [-0.3, -0.25) is 0 Å². The zero-order chi connectivity index (χ0) is 10.4. The van der Waals surface area contributed by atoms with E-state index in [-0.39, 0.29) is 5.15 Å². The highest BCUT2D eigenvalue weighted by molar-refractivity contribution is 7.08. The molecule has 0 unspecified atom stereocenters. The number of hydrogen-bond donors (Lipinski definition) is 0. The van der Waals surface area contributed by atoms with Crippen LogP contribution >= 0.6 is 34.5 Å². The zero-order valence-corrected chi connectivity index (χ0v) is 9.49. The van der Waals surface area contributed by atoms with E-state index in [9.17, 15) is 0 Å². The van der Waals surface area contributed by atoms with E-state index >= 15 is 0 Å². The van der Waals surface area contributed by atoms with Crippen LogP contribution in [0.15, 0.2) is 16.8 Å². The van der Waals surface area contributed by atoms with Crippen molar-refractivity contribution >= 4 is 34.5 Å². The summed E-state index contributed by atoms with van der Waals surface area (Å²) >= 11 is 13.1. The fourth-order valence-corrected chi connectivity index (χ4v) is 2.14. The van der Waals surface area contributed by atoms with Crippen molar-refractivity contribution in [3.8, 4) is 23.1 Å². The highest BCUT2D eigenvalue weighted by Gasteiger charge is 2.22. The van der Waals surface area contributed by atoms with Crippen molar-refractivity contribution < 1.29 is 9.47 Å². The monoisotopic (exact) mass is 259 g/mol. The molecule has 0 amide bonds. The van der Waals surface area contributed by atoms with Gasteiger partial charge in [-0.15, -0.1) is 11.3 Å². The molecule has 0 atom stereocenters. The summed E-state index contributed by atoms with van der Waals surface area (Å²) in [6.07, 6.45) is 0. The molecule has 0 bridgehead atoms. The predicted octanol–water partition coefficient (Wildman–Crippen LogP) is 4.35. The number of aromatic nitrogens is 1. The SMILES string of the molecule is Clc1cc2c(nc1Cl)Oc1cscc1O2. The summed E-state index contributed by atoms with van der Waals surface area (Å²) in [5, 5.41) is 4.24. The number of thiophene rings is 1. The molecule has 3 heterocycles. The van der Waals surface area contributed by atoms with Gasteiger partial charge in [0.1, 0.15) is 0 Å². The summed E-state index contributed by atoms with van der Waals surface area (Å²) in [6, 6.07) is 1.59. The summed E-state index contributed by atoms with van der Waals surface area (Å²) in [4.78, 5) is 3.98. The largest absolute Gasteiger partial charge is 0.447 e. The number of rotatable bonds is 0. The summed E-state index contributed by atoms with van der Waals surface area (Å²) < 4.78 is 11.0. The number of halogens is 2. The third kappa shape index (κ3) is 1.45. The summed E-state index contributed by atoms with van der Waals surface area (Å²) in [5.74, 6) is 2.15. The van der Waals surface area contributed by atoms with Crippen LogP contribution < -0.4 is 9.47 Å². The lowest BCUT2D eigenvalue weighted by Crippen LogP contribution is -1.99. The Labute approximate surface area is 99.2 Å². The number of fused-ring (bicyclic) bond motifs is 2. The van der Waals surface area contributed by atoms with E-state index in [1.807, 2.05) is 10.8 Å². The van der Waals surface area contributed by atoms with Crippen LogP contribution in [0.25, 0.3) is 0 Å². The van der Waals surface area contributed by atoms with Crippen LogP contribution in [0.5, 0.6) is 23.1 Å². The maximum Gasteiger partial charge on any atom is 0.264 e. The first-order valence-corrected chi connectivity index (χ1v) is 5.72. The fourth-order valence-electron chi connectivity index (χ4n) is 1.23. The average Bonchev–Trinajstić information content (AvgIpc) is 2.63. The van der Waals surface area contributed by atoms with Crippen molar-refractivity contribution in [1.29, 1.82) is 0 Å². The first-order valence-electron chi connectivity index (χ1n) is 4.02. The normalized spacial score (nSPS) is 12.4. The summed E-state index contributed by atoms with van der Waals surface area (Å²) in [7, 11) is 0. The molecule has 76 valence electrons. The second-order valence-electron chi connectivity index (χ2n) is 2.87.